The van der Waals surface area contributed by atoms with Crippen molar-refractivity contribution in [1.29, 1.82) is 0 Å². The summed E-state index contributed by atoms with van der Waals surface area (Å²) in [6.07, 6.45) is 9.58. The smallest absolute Gasteiger partial charge is 0.257 e. The first-order chi connectivity index (χ1) is 16.6. The van der Waals surface area contributed by atoms with Crippen molar-refractivity contribution >= 4 is 40.1 Å². The van der Waals surface area contributed by atoms with Crippen LogP contribution >= 0.6 is 0 Å². The average molecular weight is 453 g/mol. The lowest BCUT2D eigenvalue weighted by Crippen LogP contribution is -2.25. The molecule has 0 spiro atoms. The highest BCUT2D eigenvalue weighted by atomic mass is 16.1. The number of allylic oxidation sites excluding steroid dienone is 1. The van der Waals surface area contributed by atoms with Gasteiger partial charge in [0.05, 0.1) is 17.2 Å². The van der Waals surface area contributed by atoms with Gasteiger partial charge in [-0.15, -0.1) is 0 Å². The summed E-state index contributed by atoms with van der Waals surface area (Å²) in [4.78, 5) is 22.7. The second-order valence-electron chi connectivity index (χ2n) is 8.73. The Hall–Kier alpha value is -4.00. The number of amides is 1. The number of aromatic nitrogens is 3. The fourth-order valence-corrected chi connectivity index (χ4v) is 4.32. The summed E-state index contributed by atoms with van der Waals surface area (Å²) in [5, 5.41) is 7.60. The number of aryl methyl sites for hydroxylation is 1. The summed E-state index contributed by atoms with van der Waals surface area (Å²) in [6.45, 7) is 2.60. The minimum absolute atomic E-state index is 0.225. The second kappa shape index (κ2) is 9.47. The number of hydrogen-bond donors (Lipinski definition) is 2. The number of para-hydroxylation sites is 2. The Labute approximate surface area is 198 Å². The van der Waals surface area contributed by atoms with Crippen LogP contribution in [0.3, 0.4) is 0 Å². The van der Waals surface area contributed by atoms with E-state index in [-0.39, 0.29) is 11.7 Å². The molecule has 0 atom stereocenters. The highest BCUT2D eigenvalue weighted by Crippen LogP contribution is 2.28. The maximum absolute atomic E-state index is 13.2. The third-order valence-corrected chi connectivity index (χ3v) is 6.22. The molecule has 0 saturated heterocycles. The molecule has 0 radical (unpaired) electrons. The molecular formula is C27H28N6O. The van der Waals surface area contributed by atoms with Crippen LogP contribution in [-0.4, -0.2) is 33.3 Å². The zero-order valence-electron chi connectivity index (χ0n) is 19.3. The van der Waals surface area contributed by atoms with Gasteiger partial charge in [0.2, 0.25) is 0 Å². The van der Waals surface area contributed by atoms with Gasteiger partial charge in [-0.05, 0) is 56.7 Å². The minimum atomic E-state index is -0.257. The molecule has 1 aliphatic carbocycles. The Bertz CT molecular complexity index is 1410. The second-order valence-corrected chi connectivity index (χ2v) is 8.73. The summed E-state index contributed by atoms with van der Waals surface area (Å²) in [5.41, 5.74) is 12.6. The number of carbonyl (C=O) groups is 1. The topological polar surface area (TPSA) is 98.2 Å². The zero-order valence-corrected chi connectivity index (χ0v) is 19.3. The fourth-order valence-electron chi connectivity index (χ4n) is 4.32. The van der Waals surface area contributed by atoms with Crippen LogP contribution in [0.15, 0.2) is 65.3 Å². The molecule has 0 saturated carbocycles. The molecule has 0 unspecified atom stereocenters. The summed E-state index contributed by atoms with van der Waals surface area (Å²) in [7, 11) is 0. The molecule has 3 N–H and O–H groups in total. The van der Waals surface area contributed by atoms with Gasteiger partial charge >= 0.3 is 0 Å². The molecular weight excluding hydrogens is 424 g/mol. The minimum Gasteiger partial charge on any atom is -0.383 e. The summed E-state index contributed by atoms with van der Waals surface area (Å²) < 4.78 is 1.51. The van der Waals surface area contributed by atoms with Crippen molar-refractivity contribution in [2.75, 3.05) is 12.3 Å². The fraction of sp³-hybridized carbons (Fsp3) is 0.259. The van der Waals surface area contributed by atoms with Crippen molar-refractivity contribution in [2.45, 2.75) is 39.0 Å². The monoisotopic (exact) mass is 452 g/mol. The zero-order chi connectivity index (χ0) is 23.5. The van der Waals surface area contributed by atoms with Crippen LogP contribution in [0.1, 0.15) is 53.6 Å². The lowest BCUT2D eigenvalue weighted by molar-refractivity contribution is 0.0956. The van der Waals surface area contributed by atoms with E-state index < -0.39 is 0 Å². The van der Waals surface area contributed by atoms with Gasteiger partial charge in [0.1, 0.15) is 16.9 Å². The molecule has 2 aromatic heterocycles. The number of rotatable bonds is 6. The van der Waals surface area contributed by atoms with E-state index in [1.54, 1.807) is 6.21 Å². The highest BCUT2D eigenvalue weighted by molar-refractivity contribution is 6.10. The van der Waals surface area contributed by atoms with Crippen LogP contribution in [0, 0.1) is 6.92 Å². The number of nitrogens with two attached hydrogens (primary N) is 1. The number of carbonyl (C=O) groups excluding carboxylic acids is 1. The van der Waals surface area contributed by atoms with E-state index in [0.717, 1.165) is 30.3 Å². The molecule has 0 bridgehead atoms. The summed E-state index contributed by atoms with van der Waals surface area (Å²) >= 11 is 0. The molecule has 7 heteroatoms. The van der Waals surface area contributed by atoms with Crippen molar-refractivity contribution in [3.8, 4) is 0 Å². The predicted molar refractivity (Wildman–Crippen MR) is 137 cm³/mol. The molecule has 7 nitrogen and oxygen atoms in total. The molecule has 5 rings (SSSR count). The quantitative estimate of drug-likeness (QED) is 0.318. The Morgan fingerprint density at radius 1 is 1.12 bits per heavy atom. The van der Waals surface area contributed by atoms with Gasteiger partial charge in [-0.3, -0.25) is 4.79 Å². The van der Waals surface area contributed by atoms with Crippen LogP contribution in [0.25, 0.3) is 22.2 Å². The number of nitrogens with zero attached hydrogens (tertiary/aromatic N) is 4. The lowest BCUT2D eigenvalue weighted by Gasteiger charge is -2.12. The first kappa shape index (κ1) is 21.8. The van der Waals surface area contributed by atoms with Crippen LogP contribution in [0.4, 0.5) is 5.82 Å². The standard InChI is InChI=1S/C27H28N6O/c1-18-11-13-20(14-12-18)17-30-33-25(28)23(27(34)29-16-15-19-7-3-2-4-8-19)24-26(33)32-22-10-6-5-9-21(22)31-24/h5-7,9-14,17H,2-4,8,15-16,28H2,1H3,(H,29,34)/b30-17+. The summed E-state index contributed by atoms with van der Waals surface area (Å²) in [5.74, 6) is -0.0316. The van der Waals surface area contributed by atoms with Crippen molar-refractivity contribution in [3.05, 3.63) is 76.9 Å². The van der Waals surface area contributed by atoms with E-state index >= 15 is 0 Å². The molecule has 0 fully saturated rings. The number of hydrogen-bond acceptors (Lipinski definition) is 5. The van der Waals surface area contributed by atoms with Crippen LogP contribution < -0.4 is 11.1 Å². The van der Waals surface area contributed by atoms with Crippen LogP contribution in [-0.2, 0) is 0 Å². The number of nitrogens with one attached hydrogen (secondary N) is 1. The first-order valence-corrected chi connectivity index (χ1v) is 11.7. The van der Waals surface area contributed by atoms with Gasteiger partial charge in [-0.2, -0.15) is 9.78 Å². The molecule has 4 aromatic rings. The number of fused-ring (bicyclic) bond motifs is 2. The lowest BCUT2D eigenvalue weighted by atomic mass is 9.97. The average Bonchev–Trinajstić information content (AvgIpc) is 3.13. The number of benzene rings is 2. The van der Waals surface area contributed by atoms with Crippen LogP contribution in [0.2, 0.25) is 0 Å². The van der Waals surface area contributed by atoms with Crippen molar-refractivity contribution in [2.24, 2.45) is 5.10 Å². The van der Waals surface area contributed by atoms with Crippen molar-refractivity contribution in [1.82, 2.24) is 20.0 Å². The van der Waals surface area contributed by atoms with Gasteiger partial charge in [0.15, 0.2) is 5.65 Å². The molecule has 1 amide bonds. The maximum atomic E-state index is 13.2. The van der Waals surface area contributed by atoms with E-state index in [2.05, 4.69) is 16.5 Å². The predicted octanol–water partition coefficient (Wildman–Crippen LogP) is 4.98. The maximum Gasteiger partial charge on any atom is 0.257 e. The molecule has 1 aliphatic rings. The normalized spacial score (nSPS) is 14.1. The van der Waals surface area contributed by atoms with Gasteiger partial charge < -0.3 is 11.1 Å². The highest BCUT2D eigenvalue weighted by Gasteiger charge is 2.24. The van der Waals surface area contributed by atoms with Crippen molar-refractivity contribution in [3.63, 3.8) is 0 Å². The van der Waals surface area contributed by atoms with E-state index in [4.69, 9.17) is 15.7 Å². The number of anilines is 1. The van der Waals surface area contributed by atoms with Gasteiger partial charge in [-0.25, -0.2) is 9.97 Å². The largest absolute Gasteiger partial charge is 0.383 e. The SMILES string of the molecule is Cc1ccc(/C=N/n2c(N)c(C(=O)NCCC3=CCCCC3)c3nc4ccccc4nc32)cc1. The van der Waals surface area contributed by atoms with Crippen LogP contribution in [0.5, 0.6) is 0 Å². The molecule has 172 valence electrons. The summed E-state index contributed by atoms with van der Waals surface area (Å²) in [6, 6.07) is 15.6. The Balaban J connectivity index is 1.51. The molecule has 34 heavy (non-hydrogen) atoms. The molecule has 0 aliphatic heterocycles. The Kier molecular flexibility index (Phi) is 6.08. The van der Waals surface area contributed by atoms with E-state index in [1.807, 2.05) is 55.5 Å². The van der Waals surface area contributed by atoms with Gasteiger partial charge in [0, 0.05) is 6.54 Å². The third kappa shape index (κ3) is 4.41. The van der Waals surface area contributed by atoms with Gasteiger partial charge in [0.25, 0.3) is 5.91 Å². The molecule has 2 aromatic carbocycles. The Morgan fingerprint density at radius 2 is 1.88 bits per heavy atom. The van der Waals surface area contributed by atoms with Gasteiger partial charge in [-0.1, -0.05) is 53.6 Å². The third-order valence-electron chi connectivity index (χ3n) is 6.22. The first-order valence-electron chi connectivity index (χ1n) is 11.7. The van der Waals surface area contributed by atoms with E-state index in [1.165, 1.54) is 28.7 Å². The molecule has 2 heterocycles. The van der Waals surface area contributed by atoms with E-state index in [0.29, 0.717) is 28.8 Å². The number of nitrogen functional groups attached to an aromatic ring is 1. The Morgan fingerprint density at radius 3 is 2.62 bits per heavy atom. The van der Waals surface area contributed by atoms with Crippen molar-refractivity contribution < 1.29 is 4.79 Å². The van der Waals surface area contributed by atoms with E-state index in [9.17, 15) is 4.79 Å².